The highest BCUT2D eigenvalue weighted by Crippen LogP contribution is 2.27. The van der Waals surface area contributed by atoms with Gasteiger partial charge in [-0.1, -0.05) is 0 Å². The molecule has 0 radical (unpaired) electrons. The van der Waals surface area contributed by atoms with Crippen molar-refractivity contribution in [1.82, 2.24) is 10.2 Å². The maximum absolute atomic E-state index is 4.48. The molecule has 3 heteroatoms. The summed E-state index contributed by atoms with van der Waals surface area (Å²) in [5.74, 6) is 1.13. The number of hydrogen-bond donors (Lipinski definition) is 1. The van der Waals surface area contributed by atoms with Crippen LogP contribution in [-0.4, -0.2) is 36.0 Å². The minimum Gasteiger partial charge on any atom is -0.352 e. The van der Waals surface area contributed by atoms with E-state index in [9.17, 15) is 0 Å². The Kier molecular flexibility index (Phi) is 1.95. The topological polar surface area (TPSA) is 27.6 Å². The number of guanidine groups is 1. The summed E-state index contributed by atoms with van der Waals surface area (Å²) in [6, 6.07) is 1.32. The third-order valence-corrected chi connectivity index (χ3v) is 2.49. The summed E-state index contributed by atoms with van der Waals surface area (Å²) < 4.78 is 0. The van der Waals surface area contributed by atoms with Crippen LogP contribution < -0.4 is 5.32 Å². The molecule has 0 amide bonds. The third-order valence-electron chi connectivity index (χ3n) is 2.49. The van der Waals surface area contributed by atoms with Crippen LogP contribution in [0.2, 0.25) is 0 Å². The summed E-state index contributed by atoms with van der Waals surface area (Å²) in [7, 11) is 0. The van der Waals surface area contributed by atoms with Crippen LogP contribution in [0.15, 0.2) is 4.99 Å². The quantitative estimate of drug-likeness (QED) is 0.659. The van der Waals surface area contributed by atoms with Gasteiger partial charge in [-0.3, -0.25) is 4.99 Å². The summed E-state index contributed by atoms with van der Waals surface area (Å²) in [6.07, 6.45) is 2.70. The molecule has 1 fully saturated rings. The number of rotatable bonds is 2. The lowest BCUT2D eigenvalue weighted by Crippen LogP contribution is -2.42. The molecule has 1 N–H and O–H groups in total. The molecular formula is C9H17N3. The van der Waals surface area contributed by atoms with Crippen LogP contribution >= 0.6 is 0 Å². The van der Waals surface area contributed by atoms with Crippen molar-refractivity contribution in [3.8, 4) is 0 Å². The van der Waals surface area contributed by atoms with Gasteiger partial charge in [0.15, 0.2) is 5.96 Å². The Labute approximate surface area is 73.9 Å². The monoisotopic (exact) mass is 167 g/mol. The average molecular weight is 167 g/mol. The number of hydrogen-bond acceptors (Lipinski definition) is 3. The van der Waals surface area contributed by atoms with Crippen molar-refractivity contribution in [3.05, 3.63) is 0 Å². The summed E-state index contributed by atoms with van der Waals surface area (Å²) in [6.45, 7) is 6.41. The molecule has 0 aromatic carbocycles. The van der Waals surface area contributed by atoms with Gasteiger partial charge in [0.05, 0.1) is 6.54 Å². The number of aliphatic imine (C=N–C) groups is 1. The Morgan fingerprint density at radius 1 is 1.58 bits per heavy atom. The second-order valence-electron chi connectivity index (χ2n) is 3.73. The largest absolute Gasteiger partial charge is 0.352 e. The van der Waals surface area contributed by atoms with E-state index < -0.39 is 0 Å². The maximum Gasteiger partial charge on any atom is 0.194 e. The standard InChI is InChI=1S/C9H17N3/c1-3-12(8-4-5-8)9-10-6-7(2)11-9/h7-8H,3-6H2,1-2H3,(H,10,11). The van der Waals surface area contributed by atoms with Gasteiger partial charge in [-0.05, 0) is 26.7 Å². The maximum atomic E-state index is 4.48. The van der Waals surface area contributed by atoms with Crippen molar-refractivity contribution in [2.45, 2.75) is 38.8 Å². The Morgan fingerprint density at radius 2 is 2.33 bits per heavy atom. The molecule has 2 rings (SSSR count). The van der Waals surface area contributed by atoms with E-state index in [2.05, 4.69) is 29.1 Å². The van der Waals surface area contributed by atoms with Crippen LogP contribution in [-0.2, 0) is 0 Å². The van der Waals surface area contributed by atoms with Gasteiger partial charge in [0.25, 0.3) is 0 Å². The molecule has 1 aliphatic carbocycles. The molecule has 1 aliphatic heterocycles. The Bertz CT molecular complexity index is 196. The minimum absolute atomic E-state index is 0.535. The van der Waals surface area contributed by atoms with Gasteiger partial charge in [0, 0.05) is 18.6 Å². The zero-order valence-corrected chi connectivity index (χ0v) is 7.88. The number of nitrogens with one attached hydrogen (secondary N) is 1. The summed E-state index contributed by atoms with van der Waals surface area (Å²) >= 11 is 0. The lowest BCUT2D eigenvalue weighted by Gasteiger charge is -2.22. The van der Waals surface area contributed by atoms with Crippen molar-refractivity contribution in [3.63, 3.8) is 0 Å². The predicted octanol–water partition coefficient (Wildman–Crippen LogP) is 0.818. The van der Waals surface area contributed by atoms with Crippen molar-refractivity contribution in [2.24, 2.45) is 4.99 Å². The second kappa shape index (κ2) is 2.96. The molecule has 3 nitrogen and oxygen atoms in total. The highest BCUT2D eigenvalue weighted by atomic mass is 15.4. The summed E-state index contributed by atoms with van der Waals surface area (Å²) in [4.78, 5) is 6.87. The van der Waals surface area contributed by atoms with E-state index in [1.54, 1.807) is 0 Å². The van der Waals surface area contributed by atoms with Crippen LogP contribution in [0.25, 0.3) is 0 Å². The Morgan fingerprint density at radius 3 is 2.75 bits per heavy atom. The van der Waals surface area contributed by atoms with Crippen molar-refractivity contribution < 1.29 is 0 Å². The second-order valence-corrected chi connectivity index (χ2v) is 3.73. The molecule has 0 aromatic rings. The van der Waals surface area contributed by atoms with E-state index in [4.69, 9.17) is 0 Å². The summed E-state index contributed by atoms with van der Waals surface area (Å²) in [5, 5.41) is 3.40. The van der Waals surface area contributed by atoms with Gasteiger partial charge >= 0.3 is 0 Å². The molecule has 1 unspecified atom stereocenters. The van der Waals surface area contributed by atoms with Crippen LogP contribution in [0.5, 0.6) is 0 Å². The fourth-order valence-corrected chi connectivity index (χ4v) is 1.68. The molecule has 0 aromatic heterocycles. The lowest BCUT2D eigenvalue weighted by molar-refractivity contribution is 0.417. The van der Waals surface area contributed by atoms with Gasteiger partial charge in [-0.25, -0.2) is 0 Å². The van der Waals surface area contributed by atoms with E-state index in [1.165, 1.54) is 12.8 Å². The van der Waals surface area contributed by atoms with Crippen molar-refractivity contribution in [1.29, 1.82) is 0 Å². The lowest BCUT2D eigenvalue weighted by atomic mass is 10.4. The first kappa shape index (κ1) is 7.90. The molecule has 0 spiro atoms. The first-order valence-corrected chi connectivity index (χ1v) is 4.89. The van der Waals surface area contributed by atoms with Gasteiger partial charge < -0.3 is 10.2 Å². The van der Waals surface area contributed by atoms with E-state index >= 15 is 0 Å². The van der Waals surface area contributed by atoms with Gasteiger partial charge in [-0.15, -0.1) is 0 Å². The van der Waals surface area contributed by atoms with Crippen LogP contribution in [0, 0.1) is 0 Å². The average Bonchev–Trinajstić information content (AvgIpc) is 2.78. The fraction of sp³-hybridized carbons (Fsp3) is 0.889. The van der Waals surface area contributed by atoms with Gasteiger partial charge in [-0.2, -0.15) is 0 Å². The smallest absolute Gasteiger partial charge is 0.194 e. The molecule has 1 atom stereocenters. The van der Waals surface area contributed by atoms with Crippen molar-refractivity contribution in [2.75, 3.05) is 13.1 Å². The highest BCUT2D eigenvalue weighted by Gasteiger charge is 2.31. The van der Waals surface area contributed by atoms with Crippen LogP contribution in [0.3, 0.4) is 0 Å². The van der Waals surface area contributed by atoms with Crippen LogP contribution in [0.4, 0.5) is 0 Å². The first-order valence-electron chi connectivity index (χ1n) is 4.89. The predicted molar refractivity (Wildman–Crippen MR) is 50.3 cm³/mol. The zero-order chi connectivity index (χ0) is 8.55. The molecule has 1 heterocycles. The van der Waals surface area contributed by atoms with Crippen LogP contribution in [0.1, 0.15) is 26.7 Å². The normalized spacial score (nSPS) is 28.2. The minimum atomic E-state index is 0.535. The molecule has 0 bridgehead atoms. The SMILES string of the molecule is CCN(C1=NCC(C)N1)C1CC1. The molecule has 0 saturated heterocycles. The van der Waals surface area contributed by atoms with E-state index in [-0.39, 0.29) is 0 Å². The number of nitrogens with zero attached hydrogens (tertiary/aromatic N) is 2. The molecular weight excluding hydrogens is 150 g/mol. The Balaban J connectivity index is 1.97. The van der Waals surface area contributed by atoms with E-state index in [0.717, 1.165) is 25.1 Å². The van der Waals surface area contributed by atoms with E-state index in [1.807, 2.05) is 0 Å². The van der Waals surface area contributed by atoms with Gasteiger partial charge in [0.2, 0.25) is 0 Å². The zero-order valence-electron chi connectivity index (χ0n) is 7.88. The van der Waals surface area contributed by atoms with E-state index in [0.29, 0.717) is 6.04 Å². The highest BCUT2D eigenvalue weighted by molar-refractivity contribution is 5.82. The molecule has 68 valence electrons. The third kappa shape index (κ3) is 1.40. The molecule has 12 heavy (non-hydrogen) atoms. The molecule has 1 saturated carbocycles. The molecule has 2 aliphatic rings. The first-order chi connectivity index (χ1) is 5.81. The summed E-state index contributed by atoms with van der Waals surface area (Å²) in [5.41, 5.74) is 0. The van der Waals surface area contributed by atoms with Gasteiger partial charge in [0.1, 0.15) is 0 Å². The Hall–Kier alpha value is -0.730. The van der Waals surface area contributed by atoms with Crippen molar-refractivity contribution >= 4 is 5.96 Å². The fourth-order valence-electron chi connectivity index (χ4n) is 1.68.